The van der Waals surface area contributed by atoms with Crippen LogP contribution in [0.4, 0.5) is 0 Å². The second kappa shape index (κ2) is 5.82. The third-order valence-electron chi connectivity index (χ3n) is 2.51. The van der Waals surface area contributed by atoms with Crippen LogP contribution in [0.5, 0.6) is 11.5 Å². The lowest BCUT2D eigenvalue weighted by atomic mass is 10.1. The van der Waals surface area contributed by atoms with Gasteiger partial charge in [0, 0.05) is 11.6 Å². The Hall–Kier alpha value is -1.23. The van der Waals surface area contributed by atoms with E-state index in [0.29, 0.717) is 31.3 Å². The number of methoxy groups -OCH3 is 2. The summed E-state index contributed by atoms with van der Waals surface area (Å²) in [7, 11) is 3.01. The fraction of sp³-hybridized carbons (Fsp3) is 0.154. The van der Waals surface area contributed by atoms with E-state index in [1.807, 2.05) is 0 Å². The van der Waals surface area contributed by atoms with E-state index in [9.17, 15) is 4.79 Å². The van der Waals surface area contributed by atoms with Gasteiger partial charge in [0.1, 0.15) is 0 Å². The van der Waals surface area contributed by atoms with Gasteiger partial charge in [-0.1, -0.05) is 23.2 Å². The molecule has 1 aromatic carbocycles. The molecule has 0 aliphatic carbocycles. The number of ketones is 1. The zero-order chi connectivity index (χ0) is 14.0. The fourth-order valence-corrected chi connectivity index (χ4v) is 2.83. The number of rotatable bonds is 4. The van der Waals surface area contributed by atoms with Gasteiger partial charge in [0.2, 0.25) is 5.78 Å². The van der Waals surface area contributed by atoms with Gasteiger partial charge in [-0.15, -0.1) is 11.3 Å². The average Bonchev–Trinajstić information content (AvgIpc) is 2.84. The highest BCUT2D eigenvalue weighted by atomic mass is 35.5. The zero-order valence-electron chi connectivity index (χ0n) is 10.2. The predicted octanol–water partition coefficient (Wildman–Crippen LogP) is 4.30. The van der Waals surface area contributed by atoms with Gasteiger partial charge in [0.25, 0.3) is 0 Å². The third-order valence-corrected chi connectivity index (χ3v) is 4.06. The molecule has 0 saturated carbocycles. The monoisotopic (exact) mass is 316 g/mol. The van der Waals surface area contributed by atoms with Crippen molar-refractivity contribution >= 4 is 40.3 Å². The molecule has 0 unspecified atom stereocenters. The Morgan fingerprint density at radius 2 is 1.74 bits per heavy atom. The van der Waals surface area contributed by atoms with Crippen LogP contribution in [0.25, 0.3) is 0 Å². The number of ether oxygens (including phenoxy) is 2. The van der Waals surface area contributed by atoms with Crippen LogP contribution in [-0.2, 0) is 0 Å². The molecule has 3 nitrogen and oxygen atoms in total. The number of hydrogen-bond donors (Lipinski definition) is 0. The lowest BCUT2D eigenvalue weighted by molar-refractivity contribution is 0.104. The summed E-state index contributed by atoms with van der Waals surface area (Å²) < 4.78 is 10.8. The van der Waals surface area contributed by atoms with Crippen molar-refractivity contribution < 1.29 is 14.3 Å². The zero-order valence-corrected chi connectivity index (χ0v) is 12.5. The van der Waals surface area contributed by atoms with Crippen LogP contribution in [0.2, 0.25) is 9.36 Å². The van der Waals surface area contributed by atoms with Gasteiger partial charge in [0.05, 0.1) is 28.5 Å². The molecule has 0 spiro atoms. The van der Waals surface area contributed by atoms with Crippen molar-refractivity contribution in [2.75, 3.05) is 14.2 Å². The molecule has 0 radical (unpaired) electrons. The summed E-state index contributed by atoms with van der Waals surface area (Å²) in [4.78, 5) is 12.8. The van der Waals surface area contributed by atoms with Crippen molar-refractivity contribution in [3.8, 4) is 11.5 Å². The van der Waals surface area contributed by atoms with Crippen molar-refractivity contribution in [1.29, 1.82) is 0 Å². The Kier molecular flexibility index (Phi) is 4.34. The summed E-state index contributed by atoms with van der Waals surface area (Å²) in [6.07, 6.45) is 0. The minimum absolute atomic E-state index is 0.192. The summed E-state index contributed by atoms with van der Waals surface area (Å²) in [6.45, 7) is 0. The number of carbonyl (C=O) groups is 1. The van der Waals surface area contributed by atoms with Crippen molar-refractivity contribution in [2.24, 2.45) is 0 Å². The van der Waals surface area contributed by atoms with Crippen molar-refractivity contribution in [1.82, 2.24) is 0 Å². The number of hydrogen-bond acceptors (Lipinski definition) is 4. The number of thiophene rings is 1. The van der Waals surface area contributed by atoms with E-state index in [1.54, 1.807) is 24.3 Å². The first-order valence-electron chi connectivity index (χ1n) is 5.28. The van der Waals surface area contributed by atoms with Crippen LogP contribution in [0.1, 0.15) is 15.2 Å². The van der Waals surface area contributed by atoms with Gasteiger partial charge in [-0.05, 0) is 18.2 Å². The molecular formula is C13H10Cl2O3S. The molecule has 0 bridgehead atoms. The van der Waals surface area contributed by atoms with Gasteiger partial charge in [-0.2, -0.15) is 0 Å². The fourth-order valence-electron chi connectivity index (χ4n) is 1.60. The molecule has 0 N–H and O–H groups in total. The van der Waals surface area contributed by atoms with E-state index < -0.39 is 0 Å². The smallest absolute Gasteiger partial charge is 0.204 e. The maximum absolute atomic E-state index is 12.3. The average molecular weight is 317 g/mol. The van der Waals surface area contributed by atoms with Gasteiger partial charge in [0.15, 0.2) is 11.5 Å². The molecule has 0 aliphatic heterocycles. The van der Waals surface area contributed by atoms with E-state index in [1.165, 1.54) is 25.6 Å². The first-order valence-corrected chi connectivity index (χ1v) is 6.85. The SMILES string of the molecule is COc1cc(Cl)c(C(=O)c2ccc(Cl)s2)cc1OC. The number of halogens is 2. The van der Waals surface area contributed by atoms with Gasteiger partial charge >= 0.3 is 0 Å². The van der Waals surface area contributed by atoms with Crippen LogP contribution >= 0.6 is 34.5 Å². The van der Waals surface area contributed by atoms with Crippen molar-refractivity contribution in [3.05, 3.63) is 44.1 Å². The van der Waals surface area contributed by atoms with Gasteiger partial charge < -0.3 is 9.47 Å². The second-order valence-electron chi connectivity index (χ2n) is 3.62. The van der Waals surface area contributed by atoms with E-state index in [4.69, 9.17) is 32.7 Å². The Balaban J connectivity index is 2.47. The Labute approximate surface area is 124 Å². The molecule has 0 amide bonds. The minimum atomic E-state index is -0.192. The van der Waals surface area contributed by atoms with Crippen molar-refractivity contribution in [2.45, 2.75) is 0 Å². The molecule has 1 aromatic heterocycles. The largest absolute Gasteiger partial charge is 0.493 e. The maximum Gasteiger partial charge on any atom is 0.204 e. The normalized spacial score (nSPS) is 10.3. The summed E-state index contributed by atoms with van der Waals surface area (Å²) in [5, 5.41) is 0.312. The highest BCUT2D eigenvalue weighted by molar-refractivity contribution is 7.18. The van der Waals surface area contributed by atoms with E-state index in [-0.39, 0.29) is 5.78 Å². The van der Waals surface area contributed by atoms with Gasteiger partial charge in [-0.3, -0.25) is 4.79 Å². The second-order valence-corrected chi connectivity index (χ2v) is 5.74. The first-order chi connectivity index (χ1) is 9.06. The number of benzene rings is 1. The summed E-state index contributed by atoms with van der Waals surface area (Å²) >= 11 is 13.1. The Morgan fingerprint density at radius 1 is 1.11 bits per heavy atom. The topological polar surface area (TPSA) is 35.5 Å². The lowest BCUT2D eigenvalue weighted by Crippen LogP contribution is -2.01. The quantitative estimate of drug-likeness (QED) is 0.789. The van der Waals surface area contributed by atoms with Crippen LogP contribution in [0.3, 0.4) is 0 Å². The van der Waals surface area contributed by atoms with Crippen LogP contribution in [-0.4, -0.2) is 20.0 Å². The molecule has 100 valence electrons. The highest BCUT2D eigenvalue weighted by Crippen LogP contribution is 2.35. The number of carbonyl (C=O) groups excluding carboxylic acids is 1. The first kappa shape index (κ1) is 14.2. The molecule has 0 atom stereocenters. The standard InChI is InChI=1S/C13H10Cl2O3S/c1-17-9-5-7(8(14)6-10(9)18-2)13(16)11-3-4-12(15)19-11/h3-6H,1-2H3. The summed E-state index contributed by atoms with van der Waals surface area (Å²) in [6, 6.07) is 6.47. The lowest BCUT2D eigenvalue weighted by Gasteiger charge is -2.10. The predicted molar refractivity (Wildman–Crippen MR) is 77.3 cm³/mol. The molecule has 0 fully saturated rings. The van der Waals surface area contributed by atoms with Crippen LogP contribution < -0.4 is 9.47 Å². The summed E-state index contributed by atoms with van der Waals surface area (Å²) in [5.74, 6) is 0.744. The Morgan fingerprint density at radius 3 is 2.26 bits per heavy atom. The molecule has 2 rings (SSSR count). The molecule has 0 saturated heterocycles. The highest BCUT2D eigenvalue weighted by Gasteiger charge is 2.18. The Bertz CT molecular complexity index is 622. The molecular weight excluding hydrogens is 307 g/mol. The van der Waals surface area contributed by atoms with E-state index in [0.717, 1.165) is 0 Å². The van der Waals surface area contributed by atoms with E-state index >= 15 is 0 Å². The minimum Gasteiger partial charge on any atom is -0.493 e. The molecule has 19 heavy (non-hydrogen) atoms. The maximum atomic E-state index is 12.3. The summed E-state index contributed by atoms with van der Waals surface area (Å²) in [5.41, 5.74) is 0.359. The molecule has 0 aliphatic rings. The van der Waals surface area contributed by atoms with E-state index in [2.05, 4.69) is 0 Å². The van der Waals surface area contributed by atoms with Crippen LogP contribution in [0.15, 0.2) is 24.3 Å². The molecule has 1 heterocycles. The van der Waals surface area contributed by atoms with Crippen molar-refractivity contribution in [3.63, 3.8) is 0 Å². The van der Waals surface area contributed by atoms with Gasteiger partial charge in [-0.25, -0.2) is 0 Å². The van der Waals surface area contributed by atoms with Crippen LogP contribution in [0, 0.1) is 0 Å². The molecule has 2 aromatic rings. The third kappa shape index (κ3) is 2.86. The molecule has 6 heteroatoms.